The third-order valence-corrected chi connectivity index (χ3v) is 6.29. The molecule has 1 aliphatic rings. The van der Waals surface area contributed by atoms with Gasteiger partial charge in [0.1, 0.15) is 5.75 Å². The summed E-state index contributed by atoms with van der Waals surface area (Å²) in [5, 5.41) is 0. The first-order chi connectivity index (χ1) is 12.8. The summed E-state index contributed by atoms with van der Waals surface area (Å²) in [7, 11) is -2.42. The normalized spacial score (nSPS) is 15.6. The maximum atomic E-state index is 13.4. The Kier molecular flexibility index (Phi) is 5.43. The van der Waals surface area contributed by atoms with E-state index in [-0.39, 0.29) is 37.0 Å². The van der Waals surface area contributed by atoms with Gasteiger partial charge in [-0.25, -0.2) is 17.2 Å². The van der Waals surface area contributed by atoms with Gasteiger partial charge in [0, 0.05) is 31.7 Å². The molecule has 1 fully saturated rings. The van der Waals surface area contributed by atoms with E-state index < -0.39 is 21.7 Å². The van der Waals surface area contributed by atoms with Gasteiger partial charge >= 0.3 is 0 Å². The van der Waals surface area contributed by atoms with E-state index in [1.54, 1.807) is 29.2 Å². The largest absolute Gasteiger partial charge is 0.497 e. The average Bonchev–Trinajstić information content (AvgIpc) is 2.69. The molecule has 2 aromatic carbocycles. The van der Waals surface area contributed by atoms with Gasteiger partial charge in [-0.05, 0) is 42.5 Å². The number of hydrogen-bond donors (Lipinski definition) is 0. The van der Waals surface area contributed by atoms with Gasteiger partial charge < -0.3 is 9.64 Å². The maximum Gasteiger partial charge on any atom is 0.253 e. The van der Waals surface area contributed by atoms with Gasteiger partial charge in [0.15, 0.2) is 11.6 Å². The Labute approximate surface area is 156 Å². The number of carbonyl (C=O) groups is 1. The van der Waals surface area contributed by atoms with Crippen molar-refractivity contribution in [2.24, 2.45) is 0 Å². The van der Waals surface area contributed by atoms with Crippen LogP contribution in [0.5, 0.6) is 5.75 Å². The molecule has 2 aromatic rings. The summed E-state index contributed by atoms with van der Waals surface area (Å²) >= 11 is 0. The molecular weight excluding hydrogens is 378 g/mol. The topological polar surface area (TPSA) is 66.9 Å². The smallest absolute Gasteiger partial charge is 0.253 e. The van der Waals surface area contributed by atoms with Gasteiger partial charge in [0.2, 0.25) is 10.0 Å². The Morgan fingerprint density at radius 1 is 0.963 bits per heavy atom. The van der Waals surface area contributed by atoms with Crippen LogP contribution in [0.1, 0.15) is 10.4 Å². The molecule has 0 saturated carbocycles. The average molecular weight is 396 g/mol. The van der Waals surface area contributed by atoms with Crippen LogP contribution in [0.2, 0.25) is 0 Å². The SMILES string of the molecule is COc1ccc(C(=O)N2CCN(S(=O)(=O)c3ccc(F)c(F)c3)CC2)cc1. The van der Waals surface area contributed by atoms with Gasteiger partial charge in [-0.1, -0.05) is 0 Å². The predicted molar refractivity (Wildman–Crippen MR) is 94.0 cm³/mol. The molecule has 6 nitrogen and oxygen atoms in total. The number of ether oxygens (including phenoxy) is 1. The highest BCUT2D eigenvalue weighted by atomic mass is 32.2. The Hall–Kier alpha value is -2.52. The highest BCUT2D eigenvalue weighted by Gasteiger charge is 2.31. The van der Waals surface area contributed by atoms with Crippen molar-refractivity contribution < 1.29 is 26.7 Å². The minimum absolute atomic E-state index is 0.0726. The number of sulfonamides is 1. The van der Waals surface area contributed by atoms with Crippen LogP contribution in [0.3, 0.4) is 0 Å². The first-order valence-corrected chi connectivity index (χ1v) is 9.65. The van der Waals surface area contributed by atoms with Crippen molar-refractivity contribution in [1.82, 2.24) is 9.21 Å². The van der Waals surface area contributed by atoms with E-state index in [0.717, 1.165) is 16.4 Å². The summed E-state index contributed by atoms with van der Waals surface area (Å²) < 4.78 is 57.8. The van der Waals surface area contributed by atoms with Crippen LogP contribution in [0.4, 0.5) is 8.78 Å². The second-order valence-corrected chi connectivity index (χ2v) is 7.94. The number of nitrogens with zero attached hydrogens (tertiary/aromatic N) is 2. The minimum Gasteiger partial charge on any atom is -0.497 e. The Balaban J connectivity index is 1.68. The third kappa shape index (κ3) is 3.93. The molecule has 1 amide bonds. The zero-order chi connectivity index (χ0) is 19.6. The quantitative estimate of drug-likeness (QED) is 0.794. The molecule has 0 radical (unpaired) electrons. The standard InChI is InChI=1S/C18H18F2N2O4S/c1-26-14-4-2-13(3-5-14)18(23)21-8-10-22(11-9-21)27(24,25)15-6-7-16(19)17(20)12-15/h2-7,12H,8-11H2,1H3. The summed E-state index contributed by atoms with van der Waals surface area (Å²) in [5.74, 6) is -1.90. The number of piperazine rings is 1. The van der Waals surface area contributed by atoms with E-state index in [2.05, 4.69) is 0 Å². The van der Waals surface area contributed by atoms with Crippen molar-refractivity contribution in [3.05, 3.63) is 59.7 Å². The number of benzene rings is 2. The molecule has 0 unspecified atom stereocenters. The van der Waals surface area contributed by atoms with Gasteiger partial charge in [-0.2, -0.15) is 4.31 Å². The summed E-state index contributed by atoms with van der Waals surface area (Å²) in [4.78, 5) is 13.8. The zero-order valence-electron chi connectivity index (χ0n) is 14.6. The van der Waals surface area contributed by atoms with Crippen LogP contribution in [0.25, 0.3) is 0 Å². The summed E-state index contributed by atoms with van der Waals surface area (Å²) in [6.07, 6.45) is 0. The molecule has 0 atom stereocenters. The fourth-order valence-electron chi connectivity index (χ4n) is 2.83. The molecule has 3 rings (SSSR count). The van der Waals surface area contributed by atoms with E-state index in [0.29, 0.717) is 17.4 Å². The summed E-state index contributed by atoms with van der Waals surface area (Å²) in [5.41, 5.74) is 0.479. The van der Waals surface area contributed by atoms with Crippen LogP contribution < -0.4 is 4.74 Å². The molecule has 0 spiro atoms. The molecule has 9 heteroatoms. The summed E-state index contributed by atoms with van der Waals surface area (Å²) in [6.45, 7) is 0.550. The van der Waals surface area contributed by atoms with Gasteiger partial charge in [-0.15, -0.1) is 0 Å². The number of amides is 1. The molecular formula is C18H18F2N2O4S. The Bertz CT molecular complexity index is 940. The fourth-order valence-corrected chi connectivity index (χ4v) is 4.27. The zero-order valence-corrected chi connectivity index (χ0v) is 15.4. The van der Waals surface area contributed by atoms with Crippen molar-refractivity contribution in [3.63, 3.8) is 0 Å². The van der Waals surface area contributed by atoms with E-state index in [1.807, 2.05) is 0 Å². The number of rotatable bonds is 4. The van der Waals surface area contributed by atoms with Crippen LogP contribution in [0.15, 0.2) is 47.4 Å². The number of hydrogen-bond acceptors (Lipinski definition) is 4. The van der Waals surface area contributed by atoms with Crippen molar-refractivity contribution in [1.29, 1.82) is 0 Å². The van der Waals surface area contributed by atoms with E-state index in [1.165, 1.54) is 7.11 Å². The Morgan fingerprint density at radius 2 is 1.59 bits per heavy atom. The molecule has 144 valence electrons. The number of halogens is 2. The van der Waals surface area contributed by atoms with Gasteiger partial charge in [0.25, 0.3) is 5.91 Å². The van der Waals surface area contributed by atoms with E-state index in [9.17, 15) is 22.0 Å². The highest BCUT2D eigenvalue weighted by molar-refractivity contribution is 7.89. The molecule has 1 heterocycles. The van der Waals surface area contributed by atoms with Crippen molar-refractivity contribution in [2.75, 3.05) is 33.3 Å². The molecule has 0 aromatic heterocycles. The number of carbonyl (C=O) groups excluding carboxylic acids is 1. The van der Waals surface area contributed by atoms with Crippen LogP contribution in [-0.4, -0.2) is 56.8 Å². The second kappa shape index (κ2) is 7.61. The first kappa shape index (κ1) is 19.2. The van der Waals surface area contributed by atoms with Crippen LogP contribution in [-0.2, 0) is 10.0 Å². The monoisotopic (exact) mass is 396 g/mol. The second-order valence-electron chi connectivity index (χ2n) is 6.00. The molecule has 0 bridgehead atoms. The lowest BCUT2D eigenvalue weighted by molar-refractivity contribution is 0.0698. The maximum absolute atomic E-state index is 13.4. The fraction of sp³-hybridized carbons (Fsp3) is 0.278. The van der Waals surface area contributed by atoms with Crippen LogP contribution in [0, 0.1) is 11.6 Å². The summed E-state index contributed by atoms with van der Waals surface area (Å²) in [6, 6.07) is 9.12. The first-order valence-electron chi connectivity index (χ1n) is 8.21. The van der Waals surface area contributed by atoms with E-state index in [4.69, 9.17) is 4.74 Å². The van der Waals surface area contributed by atoms with Crippen LogP contribution >= 0.6 is 0 Å². The third-order valence-electron chi connectivity index (χ3n) is 4.39. The Morgan fingerprint density at radius 3 is 2.15 bits per heavy atom. The van der Waals surface area contributed by atoms with E-state index >= 15 is 0 Å². The number of methoxy groups -OCH3 is 1. The predicted octanol–water partition coefficient (Wildman–Crippen LogP) is 2.12. The van der Waals surface area contributed by atoms with Crippen molar-refractivity contribution >= 4 is 15.9 Å². The molecule has 0 N–H and O–H groups in total. The van der Waals surface area contributed by atoms with Gasteiger partial charge in [0.05, 0.1) is 12.0 Å². The molecule has 27 heavy (non-hydrogen) atoms. The van der Waals surface area contributed by atoms with Crippen molar-refractivity contribution in [3.8, 4) is 5.75 Å². The lowest BCUT2D eigenvalue weighted by Crippen LogP contribution is -2.50. The van der Waals surface area contributed by atoms with Gasteiger partial charge in [-0.3, -0.25) is 4.79 Å². The minimum atomic E-state index is -3.95. The highest BCUT2D eigenvalue weighted by Crippen LogP contribution is 2.21. The lowest BCUT2D eigenvalue weighted by atomic mass is 10.2. The molecule has 1 aliphatic heterocycles. The molecule has 1 saturated heterocycles. The molecule has 0 aliphatic carbocycles. The lowest BCUT2D eigenvalue weighted by Gasteiger charge is -2.34. The van der Waals surface area contributed by atoms with Crippen molar-refractivity contribution in [2.45, 2.75) is 4.90 Å².